The van der Waals surface area contributed by atoms with E-state index < -0.39 is 23.3 Å². The first-order valence-corrected chi connectivity index (χ1v) is 12.5. The van der Waals surface area contributed by atoms with Crippen molar-refractivity contribution < 1.29 is 0 Å². The third kappa shape index (κ3) is 4.00. The van der Waals surface area contributed by atoms with E-state index >= 15 is 0 Å². The van der Waals surface area contributed by atoms with E-state index in [9.17, 15) is 15.8 Å². The first kappa shape index (κ1) is 25.3. The smallest absolute Gasteiger partial charge is 0.183 e. The second kappa shape index (κ2) is 10.4. The molecular weight excluding hydrogens is 489 g/mol. The fraction of sp³-hybridized carbons (Fsp3) is 0.241. The minimum absolute atomic E-state index is 0.194. The molecular formula is C29H23Cl2N5. The number of halogens is 2. The Morgan fingerprint density at radius 3 is 2.03 bits per heavy atom. The lowest BCUT2D eigenvalue weighted by atomic mass is 9.58. The van der Waals surface area contributed by atoms with Crippen molar-refractivity contribution in [2.45, 2.75) is 31.2 Å². The van der Waals surface area contributed by atoms with Crippen LogP contribution in [0.1, 0.15) is 34.1 Å². The fourth-order valence-corrected chi connectivity index (χ4v) is 5.32. The van der Waals surface area contributed by atoms with Crippen molar-refractivity contribution >= 4 is 29.0 Å². The Morgan fingerprint density at radius 2 is 1.50 bits per heavy atom. The molecule has 5 rings (SSSR count). The van der Waals surface area contributed by atoms with Gasteiger partial charge in [-0.3, -0.25) is 0 Å². The van der Waals surface area contributed by atoms with Crippen molar-refractivity contribution in [3.05, 3.63) is 106 Å². The van der Waals surface area contributed by atoms with E-state index in [1.807, 2.05) is 91.7 Å². The van der Waals surface area contributed by atoms with Gasteiger partial charge < -0.3 is 4.90 Å². The number of hydrogen-bond acceptors (Lipinski definition) is 5. The van der Waals surface area contributed by atoms with Gasteiger partial charge in [-0.1, -0.05) is 65.7 Å². The van der Waals surface area contributed by atoms with E-state index in [-0.39, 0.29) is 10.9 Å². The van der Waals surface area contributed by atoms with Crippen LogP contribution in [0.15, 0.2) is 89.2 Å². The molecule has 0 radical (unpaired) electrons. The predicted octanol–water partition coefficient (Wildman–Crippen LogP) is 6.58. The number of nitrogens with zero attached hydrogens (tertiary/aromatic N) is 5. The number of fused-ring (bicyclic) bond motifs is 3. The second-order valence-corrected chi connectivity index (χ2v) is 9.63. The molecule has 2 aromatic rings. The monoisotopic (exact) mass is 511 g/mol. The summed E-state index contributed by atoms with van der Waals surface area (Å²) in [6, 6.07) is 23.4. The highest BCUT2D eigenvalue weighted by molar-refractivity contribution is 6.40. The summed E-state index contributed by atoms with van der Waals surface area (Å²) in [6.45, 7) is 4.04. The second-order valence-electron chi connectivity index (χ2n) is 8.83. The number of amidine groups is 1. The topological polar surface area (TPSA) is 87.0 Å². The molecule has 0 unspecified atom stereocenters. The molecule has 178 valence electrons. The summed E-state index contributed by atoms with van der Waals surface area (Å²) in [6.07, 6.45) is 7.43. The maximum Gasteiger partial charge on any atom is 0.183 e. The van der Waals surface area contributed by atoms with Gasteiger partial charge in [-0.15, -0.1) is 23.2 Å². The highest BCUT2D eigenvalue weighted by Crippen LogP contribution is 2.59. The van der Waals surface area contributed by atoms with Crippen LogP contribution < -0.4 is 0 Å². The van der Waals surface area contributed by atoms with Crippen LogP contribution in [-0.2, 0) is 0 Å². The zero-order valence-electron chi connectivity index (χ0n) is 19.9. The molecule has 0 saturated carbocycles. The van der Waals surface area contributed by atoms with Gasteiger partial charge >= 0.3 is 0 Å². The van der Waals surface area contributed by atoms with Crippen molar-refractivity contribution in [3.8, 4) is 18.2 Å². The van der Waals surface area contributed by atoms with E-state index in [1.165, 1.54) is 0 Å². The van der Waals surface area contributed by atoms with Gasteiger partial charge in [-0.05, 0) is 37.1 Å². The number of aliphatic imine (C=N–C) groups is 1. The van der Waals surface area contributed by atoms with E-state index in [0.29, 0.717) is 11.5 Å². The van der Waals surface area contributed by atoms with Crippen molar-refractivity contribution in [2.75, 3.05) is 5.34 Å². The molecule has 0 N–H and O–H groups in total. The van der Waals surface area contributed by atoms with Crippen molar-refractivity contribution in [1.29, 1.82) is 15.8 Å². The minimum atomic E-state index is -1.24. The lowest BCUT2D eigenvalue weighted by Crippen LogP contribution is -2.54. The van der Waals surface area contributed by atoms with Gasteiger partial charge in [0.1, 0.15) is 5.84 Å². The number of nitriles is 3. The first-order chi connectivity index (χ1) is 17.5. The van der Waals surface area contributed by atoms with E-state index in [1.54, 1.807) is 0 Å². The molecule has 36 heavy (non-hydrogen) atoms. The SMILES string of the molecule is Cc1ccc([C@@H]2[C@@H](C#N)C(C#N)=C3N=C4C=CC=CN4[C@]3(C#N)[C@H]2c2ccc(C)cc2)cc1.ClCCl. The summed E-state index contributed by atoms with van der Waals surface area (Å²) in [5.74, 6) is -0.926. The van der Waals surface area contributed by atoms with Crippen molar-refractivity contribution in [2.24, 2.45) is 10.9 Å². The summed E-state index contributed by atoms with van der Waals surface area (Å²) in [7, 11) is 0. The molecule has 0 saturated heterocycles. The number of allylic oxidation sites excluding steroid dienone is 3. The molecule has 2 aliphatic heterocycles. The Kier molecular flexibility index (Phi) is 7.32. The Labute approximate surface area is 221 Å². The standard InChI is InChI=1S/C28H21N5.CH2Cl2/c1-18-6-10-20(11-7-18)25-22(15-29)23(16-30)27-28(17-31,33-14-4-3-5-24(33)32-27)26(25)21-12-8-19(2)9-13-21;2-1-3/h3-14,22,25-26H,1-2H3;1H2/t22-,25+,26-,28+;/m0./s1. The molecule has 0 bridgehead atoms. The molecule has 0 amide bonds. The molecule has 0 spiro atoms. The van der Waals surface area contributed by atoms with Crippen LogP contribution in [0.2, 0.25) is 0 Å². The molecule has 0 aromatic heterocycles. The van der Waals surface area contributed by atoms with Gasteiger partial charge in [-0.2, -0.15) is 15.8 Å². The molecule has 4 atom stereocenters. The molecule has 5 nitrogen and oxygen atoms in total. The maximum absolute atomic E-state index is 10.8. The zero-order valence-corrected chi connectivity index (χ0v) is 21.4. The normalized spacial score (nSPS) is 25.4. The fourth-order valence-electron chi connectivity index (χ4n) is 5.32. The lowest BCUT2D eigenvalue weighted by molar-refractivity contribution is 0.248. The largest absolute Gasteiger partial charge is 0.308 e. The number of rotatable bonds is 2. The van der Waals surface area contributed by atoms with Crippen LogP contribution in [0.4, 0.5) is 0 Å². The number of alkyl halides is 2. The van der Waals surface area contributed by atoms with Crippen molar-refractivity contribution in [3.63, 3.8) is 0 Å². The number of hydrogen-bond donors (Lipinski definition) is 0. The number of aryl methyl sites for hydroxylation is 2. The number of benzene rings is 2. The molecule has 3 aliphatic rings. The molecule has 0 fully saturated rings. The predicted molar refractivity (Wildman–Crippen MR) is 142 cm³/mol. The summed E-state index contributed by atoms with van der Waals surface area (Å²) in [5.41, 5.74) is 3.53. The van der Waals surface area contributed by atoms with Gasteiger partial charge in [0.2, 0.25) is 0 Å². The third-order valence-electron chi connectivity index (χ3n) is 6.87. The van der Waals surface area contributed by atoms with Crippen LogP contribution in [0.25, 0.3) is 0 Å². The zero-order chi connectivity index (χ0) is 25.9. The van der Waals surface area contributed by atoms with Crippen LogP contribution in [0, 0.1) is 53.8 Å². The highest BCUT2D eigenvalue weighted by Gasteiger charge is 2.62. The average molecular weight is 512 g/mol. The van der Waals surface area contributed by atoms with Gasteiger partial charge in [0.05, 0.1) is 40.7 Å². The van der Waals surface area contributed by atoms with E-state index in [2.05, 4.69) is 18.2 Å². The van der Waals surface area contributed by atoms with Crippen LogP contribution >= 0.6 is 23.2 Å². The molecule has 1 aliphatic carbocycles. The van der Waals surface area contributed by atoms with E-state index in [0.717, 1.165) is 22.3 Å². The lowest BCUT2D eigenvalue weighted by Gasteiger charge is -2.47. The summed E-state index contributed by atoms with van der Waals surface area (Å²) in [5, 5.41) is 31.5. The van der Waals surface area contributed by atoms with Crippen LogP contribution in [0.3, 0.4) is 0 Å². The summed E-state index contributed by atoms with van der Waals surface area (Å²) < 4.78 is 0. The van der Waals surface area contributed by atoms with Gasteiger partial charge in [0.25, 0.3) is 0 Å². The third-order valence-corrected chi connectivity index (χ3v) is 6.87. The first-order valence-electron chi connectivity index (χ1n) is 11.4. The highest BCUT2D eigenvalue weighted by atomic mass is 35.5. The molecule has 2 heterocycles. The Morgan fingerprint density at radius 1 is 0.917 bits per heavy atom. The van der Waals surface area contributed by atoms with Crippen molar-refractivity contribution in [1.82, 2.24) is 4.90 Å². The Balaban J connectivity index is 0.000000967. The summed E-state index contributed by atoms with van der Waals surface area (Å²) >= 11 is 9.53. The average Bonchev–Trinajstić information content (AvgIpc) is 3.24. The van der Waals surface area contributed by atoms with Gasteiger partial charge in [0, 0.05) is 18.0 Å². The maximum atomic E-state index is 10.8. The molecule has 7 heteroatoms. The Hall–Kier alpha value is -3.82. The van der Waals surface area contributed by atoms with Gasteiger partial charge in [0.15, 0.2) is 5.54 Å². The Bertz CT molecular complexity index is 1400. The van der Waals surface area contributed by atoms with Crippen LogP contribution in [0.5, 0.6) is 0 Å². The van der Waals surface area contributed by atoms with Crippen LogP contribution in [-0.4, -0.2) is 21.6 Å². The summed E-state index contributed by atoms with van der Waals surface area (Å²) in [4.78, 5) is 6.62. The quantitative estimate of drug-likeness (QED) is 0.425. The van der Waals surface area contributed by atoms with Gasteiger partial charge in [-0.25, -0.2) is 4.99 Å². The van der Waals surface area contributed by atoms with E-state index in [4.69, 9.17) is 28.2 Å². The minimum Gasteiger partial charge on any atom is -0.308 e. The molecule has 2 aromatic carbocycles.